The number of hydrogen-bond acceptors (Lipinski definition) is 3. The minimum absolute atomic E-state index is 0.0805. The van der Waals surface area contributed by atoms with Crippen molar-refractivity contribution in [3.05, 3.63) is 89.2 Å². The van der Waals surface area contributed by atoms with E-state index < -0.39 is 0 Å². The number of carbonyl (C=O) groups excluding carboxylic acids is 2. The maximum absolute atomic E-state index is 14.1. The van der Waals surface area contributed by atoms with E-state index in [0.717, 1.165) is 5.56 Å². The van der Waals surface area contributed by atoms with Crippen LogP contribution in [0.15, 0.2) is 66.7 Å². The van der Waals surface area contributed by atoms with Gasteiger partial charge in [-0.3, -0.25) is 9.59 Å². The normalized spacial score (nSPS) is 12.9. The van der Waals surface area contributed by atoms with E-state index in [-0.39, 0.29) is 30.8 Å². The van der Waals surface area contributed by atoms with Gasteiger partial charge in [-0.15, -0.1) is 0 Å². The van der Waals surface area contributed by atoms with Gasteiger partial charge in [-0.2, -0.15) is 0 Å². The summed E-state index contributed by atoms with van der Waals surface area (Å²) >= 11 is 0. The lowest BCUT2D eigenvalue weighted by molar-refractivity contribution is -0.121. The summed E-state index contributed by atoms with van der Waals surface area (Å²) in [6, 6.07) is 18.7. The predicted octanol–water partition coefficient (Wildman–Crippen LogP) is 4.31. The fourth-order valence-corrected chi connectivity index (χ4v) is 3.24. The van der Waals surface area contributed by atoms with Crippen LogP contribution in [0.1, 0.15) is 21.5 Å². The number of anilines is 2. The third kappa shape index (κ3) is 3.96. The zero-order chi connectivity index (χ0) is 20.4. The highest BCUT2D eigenvalue weighted by Gasteiger charge is 2.27. The van der Waals surface area contributed by atoms with Gasteiger partial charge < -0.3 is 15.0 Å². The van der Waals surface area contributed by atoms with Crippen LogP contribution in [0.3, 0.4) is 0 Å². The molecule has 5 nitrogen and oxygen atoms in total. The fourth-order valence-electron chi connectivity index (χ4n) is 3.24. The van der Waals surface area contributed by atoms with Gasteiger partial charge in [0, 0.05) is 16.8 Å². The van der Waals surface area contributed by atoms with E-state index in [1.54, 1.807) is 48.5 Å². The fraction of sp³-hybridized carbons (Fsp3) is 0.130. The Hall–Kier alpha value is -3.67. The summed E-state index contributed by atoms with van der Waals surface area (Å²) in [6.07, 6.45) is 0. The summed E-state index contributed by atoms with van der Waals surface area (Å²) in [4.78, 5) is 26.5. The molecule has 0 aromatic heterocycles. The van der Waals surface area contributed by atoms with Crippen LogP contribution >= 0.6 is 0 Å². The van der Waals surface area contributed by atoms with Gasteiger partial charge in [0.05, 0.1) is 12.2 Å². The molecule has 0 bridgehead atoms. The molecule has 0 saturated carbocycles. The van der Waals surface area contributed by atoms with Crippen molar-refractivity contribution < 1.29 is 18.7 Å². The number of nitrogens with zero attached hydrogens (tertiary/aromatic N) is 1. The minimum Gasteiger partial charge on any atom is -0.482 e. The molecule has 0 fully saturated rings. The smallest absolute Gasteiger partial charge is 0.265 e. The van der Waals surface area contributed by atoms with Gasteiger partial charge in [-0.1, -0.05) is 35.9 Å². The first-order valence-corrected chi connectivity index (χ1v) is 9.20. The second-order valence-corrected chi connectivity index (χ2v) is 6.87. The third-order valence-corrected chi connectivity index (χ3v) is 4.73. The molecule has 3 aromatic rings. The number of halogens is 1. The largest absolute Gasteiger partial charge is 0.482 e. The Morgan fingerprint density at radius 3 is 2.72 bits per heavy atom. The number of hydrogen-bond donors (Lipinski definition) is 1. The minimum atomic E-state index is -0.378. The zero-order valence-corrected chi connectivity index (χ0v) is 15.8. The first kappa shape index (κ1) is 18.7. The number of amides is 2. The van der Waals surface area contributed by atoms with Crippen LogP contribution in [0, 0.1) is 12.7 Å². The topological polar surface area (TPSA) is 58.6 Å². The summed E-state index contributed by atoms with van der Waals surface area (Å²) < 4.78 is 19.6. The molecule has 1 N–H and O–H groups in total. The molecule has 2 amide bonds. The second-order valence-electron chi connectivity index (χ2n) is 6.87. The number of rotatable bonds is 4. The molecule has 0 aliphatic carbocycles. The molecule has 0 saturated heterocycles. The van der Waals surface area contributed by atoms with Crippen LogP contribution in [0.5, 0.6) is 5.75 Å². The average Bonchev–Trinajstić information content (AvgIpc) is 2.71. The number of benzene rings is 3. The maximum atomic E-state index is 14.1. The highest BCUT2D eigenvalue weighted by molar-refractivity contribution is 6.05. The number of nitrogens with one attached hydrogen (secondary N) is 1. The zero-order valence-electron chi connectivity index (χ0n) is 15.8. The van der Waals surface area contributed by atoms with Crippen LogP contribution in [0.4, 0.5) is 15.8 Å². The Morgan fingerprint density at radius 1 is 1.10 bits per heavy atom. The van der Waals surface area contributed by atoms with Crippen molar-refractivity contribution >= 4 is 23.2 Å². The molecule has 1 heterocycles. The molecular formula is C23H19FN2O3. The van der Waals surface area contributed by atoms with E-state index in [2.05, 4.69) is 5.32 Å². The van der Waals surface area contributed by atoms with Gasteiger partial charge >= 0.3 is 0 Å². The van der Waals surface area contributed by atoms with Crippen molar-refractivity contribution in [2.24, 2.45) is 0 Å². The van der Waals surface area contributed by atoms with Crippen molar-refractivity contribution in [1.82, 2.24) is 0 Å². The number of aryl methyl sites for hydroxylation is 1. The molecule has 3 aromatic carbocycles. The Bertz CT molecular complexity index is 1100. The molecule has 29 heavy (non-hydrogen) atoms. The standard InChI is InChI=1S/C23H19FN2O3/c1-15-5-4-7-16(11-15)23(28)25-18-9-10-21-20(12-18)26(22(27)14-29-21)13-17-6-2-3-8-19(17)24/h2-12H,13-14H2,1H3,(H,25,28). The van der Waals surface area contributed by atoms with Crippen LogP contribution in [-0.4, -0.2) is 18.4 Å². The molecule has 0 atom stereocenters. The highest BCUT2D eigenvalue weighted by Crippen LogP contribution is 2.35. The van der Waals surface area contributed by atoms with Crippen molar-refractivity contribution in [3.8, 4) is 5.75 Å². The third-order valence-electron chi connectivity index (χ3n) is 4.73. The lowest BCUT2D eigenvalue weighted by Crippen LogP contribution is -2.38. The monoisotopic (exact) mass is 390 g/mol. The summed E-state index contributed by atoms with van der Waals surface area (Å²) in [5, 5.41) is 2.84. The van der Waals surface area contributed by atoms with Crippen molar-refractivity contribution in [2.75, 3.05) is 16.8 Å². The molecule has 6 heteroatoms. The van der Waals surface area contributed by atoms with Crippen molar-refractivity contribution in [1.29, 1.82) is 0 Å². The molecule has 1 aliphatic heterocycles. The van der Waals surface area contributed by atoms with Gasteiger partial charge in [-0.25, -0.2) is 4.39 Å². The van der Waals surface area contributed by atoms with E-state index >= 15 is 0 Å². The molecule has 4 rings (SSSR count). The quantitative estimate of drug-likeness (QED) is 0.722. The summed E-state index contributed by atoms with van der Waals surface area (Å²) in [6.45, 7) is 1.88. The van der Waals surface area contributed by atoms with Gasteiger partial charge in [-0.05, 0) is 43.3 Å². The number of fused-ring (bicyclic) bond motifs is 1. The van der Waals surface area contributed by atoms with E-state index in [0.29, 0.717) is 28.3 Å². The first-order valence-electron chi connectivity index (χ1n) is 9.20. The average molecular weight is 390 g/mol. The van der Waals surface area contributed by atoms with E-state index in [1.807, 2.05) is 19.1 Å². The van der Waals surface area contributed by atoms with Crippen LogP contribution in [-0.2, 0) is 11.3 Å². The number of carbonyl (C=O) groups is 2. The lowest BCUT2D eigenvalue weighted by Gasteiger charge is -2.30. The van der Waals surface area contributed by atoms with Crippen molar-refractivity contribution in [2.45, 2.75) is 13.5 Å². The molecule has 0 spiro atoms. The summed E-state index contributed by atoms with van der Waals surface area (Å²) in [5.74, 6) is -0.396. The highest BCUT2D eigenvalue weighted by atomic mass is 19.1. The van der Waals surface area contributed by atoms with Gasteiger partial charge in [0.15, 0.2) is 6.61 Å². The van der Waals surface area contributed by atoms with Gasteiger partial charge in [0.25, 0.3) is 11.8 Å². The molecular weight excluding hydrogens is 371 g/mol. The van der Waals surface area contributed by atoms with Crippen molar-refractivity contribution in [3.63, 3.8) is 0 Å². The summed E-state index contributed by atoms with van der Waals surface area (Å²) in [7, 11) is 0. The van der Waals surface area contributed by atoms with E-state index in [4.69, 9.17) is 4.74 Å². The molecule has 1 aliphatic rings. The van der Waals surface area contributed by atoms with Crippen LogP contribution in [0.25, 0.3) is 0 Å². The second kappa shape index (κ2) is 7.75. The van der Waals surface area contributed by atoms with E-state index in [1.165, 1.54) is 11.0 Å². The van der Waals surface area contributed by atoms with E-state index in [9.17, 15) is 14.0 Å². The predicted molar refractivity (Wildman–Crippen MR) is 109 cm³/mol. The summed E-state index contributed by atoms with van der Waals surface area (Å²) in [5.41, 5.74) is 2.94. The Labute approximate surface area is 167 Å². The Kier molecular flexibility index (Phi) is 4.99. The molecule has 0 unspecified atom stereocenters. The lowest BCUT2D eigenvalue weighted by atomic mass is 10.1. The Balaban J connectivity index is 1.62. The van der Waals surface area contributed by atoms with Crippen LogP contribution in [0.2, 0.25) is 0 Å². The SMILES string of the molecule is Cc1cccc(C(=O)Nc2ccc3c(c2)N(Cc2ccccc2F)C(=O)CO3)c1. The molecule has 0 radical (unpaired) electrons. The van der Waals surface area contributed by atoms with Gasteiger partial charge in [0.2, 0.25) is 0 Å². The number of ether oxygens (including phenoxy) is 1. The molecule has 146 valence electrons. The first-order chi connectivity index (χ1) is 14.0. The maximum Gasteiger partial charge on any atom is 0.265 e. The van der Waals surface area contributed by atoms with Crippen LogP contribution < -0.4 is 15.0 Å². The van der Waals surface area contributed by atoms with Gasteiger partial charge in [0.1, 0.15) is 11.6 Å². The Morgan fingerprint density at radius 2 is 1.93 bits per heavy atom.